The molecule has 0 spiro atoms. The van der Waals surface area contributed by atoms with Crippen LogP contribution in [-0.4, -0.2) is 18.0 Å². The topological polar surface area (TPSA) is 77.2 Å². The Kier molecular flexibility index (Phi) is 4.05. The highest BCUT2D eigenvalue weighted by Crippen LogP contribution is 2.28. The molecule has 0 bridgehead atoms. The summed E-state index contributed by atoms with van der Waals surface area (Å²) in [6, 6.07) is 5.94. The summed E-state index contributed by atoms with van der Waals surface area (Å²) in [7, 11) is 1.45. The van der Waals surface area contributed by atoms with Crippen molar-refractivity contribution in [2.24, 2.45) is 0 Å². The smallest absolute Gasteiger partial charge is 0.258 e. The third kappa shape index (κ3) is 2.80. The van der Waals surface area contributed by atoms with E-state index in [1.807, 2.05) is 0 Å². The molecule has 0 saturated heterocycles. The summed E-state index contributed by atoms with van der Waals surface area (Å²) in [6.07, 6.45) is 1.25. The van der Waals surface area contributed by atoms with Gasteiger partial charge in [-0.25, -0.2) is 9.37 Å². The molecule has 2 rings (SSSR count). The molecular weight excluding hydrogens is 285 g/mol. The van der Waals surface area contributed by atoms with Crippen LogP contribution in [0.4, 0.5) is 15.9 Å². The third-order valence-electron chi connectivity index (χ3n) is 2.57. The lowest BCUT2D eigenvalue weighted by atomic mass is 10.2. The summed E-state index contributed by atoms with van der Waals surface area (Å²) in [4.78, 5) is 15.6. The summed E-state index contributed by atoms with van der Waals surface area (Å²) >= 11 is 5.85. The van der Waals surface area contributed by atoms with Crippen molar-refractivity contribution in [1.82, 2.24) is 4.98 Å². The third-order valence-corrected chi connectivity index (χ3v) is 2.81. The lowest BCUT2D eigenvalue weighted by molar-refractivity contribution is 0.102. The molecule has 104 valence electrons. The van der Waals surface area contributed by atoms with Gasteiger partial charge in [0, 0.05) is 11.2 Å². The van der Waals surface area contributed by atoms with E-state index in [0.717, 1.165) is 0 Å². The molecule has 0 saturated carbocycles. The van der Waals surface area contributed by atoms with E-state index in [0.29, 0.717) is 16.5 Å². The largest absolute Gasteiger partial charge is 0.495 e. The molecule has 1 aromatic carbocycles. The Morgan fingerprint density at radius 1 is 1.45 bits per heavy atom. The van der Waals surface area contributed by atoms with Crippen LogP contribution < -0.4 is 15.8 Å². The van der Waals surface area contributed by atoms with Crippen LogP contribution in [0.2, 0.25) is 5.02 Å². The van der Waals surface area contributed by atoms with E-state index in [2.05, 4.69) is 10.3 Å². The van der Waals surface area contributed by atoms with Crippen molar-refractivity contribution in [2.75, 3.05) is 18.2 Å². The van der Waals surface area contributed by atoms with Crippen LogP contribution in [0.3, 0.4) is 0 Å². The maximum atomic E-state index is 13.7. The molecule has 0 radical (unpaired) electrons. The first-order valence-electron chi connectivity index (χ1n) is 5.57. The Hall–Kier alpha value is -2.34. The molecule has 3 N–H and O–H groups in total. The molecule has 0 unspecified atom stereocenters. The molecule has 1 amide bonds. The maximum absolute atomic E-state index is 13.7. The van der Waals surface area contributed by atoms with Gasteiger partial charge in [-0.3, -0.25) is 4.79 Å². The molecule has 0 fully saturated rings. The van der Waals surface area contributed by atoms with E-state index in [1.54, 1.807) is 12.1 Å². The number of methoxy groups -OCH3 is 1. The summed E-state index contributed by atoms with van der Waals surface area (Å²) in [5.41, 5.74) is 5.44. The number of carbonyl (C=O) groups excluding carboxylic acids is 1. The number of nitrogens with zero attached hydrogens (tertiary/aromatic N) is 1. The number of hydrogen-bond donors (Lipinski definition) is 2. The molecule has 0 atom stereocenters. The van der Waals surface area contributed by atoms with Crippen LogP contribution in [0, 0.1) is 5.82 Å². The van der Waals surface area contributed by atoms with Gasteiger partial charge in [-0.05, 0) is 24.3 Å². The monoisotopic (exact) mass is 295 g/mol. The van der Waals surface area contributed by atoms with Crippen LogP contribution in [0.1, 0.15) is 10.4 Å². The lowest BCUT2D eigenvalue weighted by Crippen LogP contribution is -2.15. The van der Waals surface area contributed by atoms with Gasteiger partial charge < -0.3 is 15.8 Å². The number of anilines is 2. The first-order chi connectivity index (χ1) is 9.52. The molecule has 0 aliphatic rings. The number of nitrogen functional groups attached to an aromatic ring is 1. The van der Waals surface area contributed by atoms with Gasteiger partial charge in [0.25, 0.3) is 5.91 Å². The minimum absolute atomic E-state index is 0.209. The van der Waals surface area contributed by atoms with Gasteiger partial charge >= 0.3 is 0 Å². The van der Waals surface area contributed by atoms with Gasteiger partial charge in [-0.1, -0.05) is 11.6 Å². The van der Waals surface area contributed by atoms with Crippen LogP contribution >= 0.6 is 11.6 Å². The normalized spacial score (nSPS) is 10.2. The number of pyridine rings is 1. The van der Waals surface area contributed by atoms with Gasteiger partial charge in [0.2, 0.25) is 0 Å². The highest BCUT2D eigenvalue weighted by molar-refractivity contribution is 6.31. The quantitative estimate of drug-likeness (QED) is 0.912. The number of nitrogens with one attached hydrogen (secondary N) is 1. The van der Waals surface area contributed by atoms with E-state index in [4.69, 9.17) is 22.1 Å². The molecule has 0 aliphatic carbocycles. The Balaban J connectivity index is 2.32. The minimum Gasteiger partial charge on any atom is -0.495 e. The van der Waals surface area contributed by atoms with Crippen molar-refractivity contribution < 1.29 is 13.9 Å². The fraction of sp³-hybridized carbons (Fsp3) is 0.0769. The summed E-state index contributed by atoms with van der Waals surface area (Å²) in [5.74, 6) is -1.47. The molecular formula is C13H11ClFN3O2. The number of carbonyl (C=O) groups is 1. The zero-order valence-electron chi connectivity index (χ0n) is 10.5. The van der Waals surface area contributed by atoms with Crippen LogP contribution in [-0.2, 0) is 0 Å². The second kappa shape index (κ2) is 5.75. The Morgan fingerprint density at radius 3 is 2.90 bits per heavy atom. The Labute approximate surface area is 119 Å². The number of halogens is 2. The summed E-state index contributed by atoms with van der Waals surface area (Å²) in [5, 5.41) is 2.93. The molecule has 1 aromatic heterocycles. The van der Waals surface area contributed by atoms with Crippen molar-refractivity contribution >= 4 is 29.0 Å². The van der Waals surface area contributed by atoms with E-state index >= 15 is 0 Å². The molecule has 20 heavy (non-hydrogen) atoms. The number of hydrogen-bond acceptors (Lipinski definition) is 4. The van der Waals surface area contributed by atoms with E-state index in [-0.39, 0.29) is 11.4 Å². The number of benzene rings is 1. The Bertz CT molecular complexity index is 664. The maximum Gasteiger partial charge on any atom is 0.258 e. The standard InChI is InChI=1S/C13H11ClFN3O2/c1-20-10-3-2-7(14)6-9(10)18-13(19)8-4-5-17-12(16)11(8)15/h2-6H,1H3,(H2,16,17)(H,18,19). The molecule has 2 aromatic rings. The molecule has 0 aliphatic heterocycles. The average Bonchev–Trinajstić information content (AvgIpc) is 2.42. The number of aromatic nitrogens is 1. The first kappa shape index (κ1) is 14.1. The SMILES string of the molecule is COc1ccc(Cl)cc1NC(=O)c1ccnc(N)c1F. The molecule has 1 heterocycles. The molecule has 7 heteroatoms. The highest BCUT2D eigenvalue weighted by Gasteiger charge is 2.16. The molecule has 5 nitrogen and oxygen atoms in total. The van der Waals surface area contributed by atoms with Crippen LogP contribution in [0.15, 0.2) is 30.5 Å². The Morgan fingerprint density at radius 2 is 2.20 bits per heavy atom. The second-order valence-electron chi connectivity index (χ2n) is 3.86. The second-order valence-corrected chi connectivity index (χ2v) is 4.29. The predicted octanol–water partition coefficient (Wildman–Crippen LogP) is 2.72. The summed E-state index contributed by atoms with van der Waals surface area (Å²) in [6.45, 7) is 0. The predicted molar refractivity (Wildman–Crippen MR) is 74.6 cm³/mol. The van der Waals surface area contributed by atoms with Crippen molar-refractivity contribution in [3.8, 4) is 5.75 Å². The fourth-order valence-electron chi connectivity index (χ4n) is 1.60. The van der Waals surface area contributed by atoms with Crippen LogP contribution in [0.5, 0.6) is 5.75 Å². The van der Waals surface area contributed by atoms with Crippen LogP contribution in [0.25, 0.3) is 0 Å². The minimum atomic E-state index is -0.869. The zero-order valence-corrected chi connectivity index (χ0v) is 11.2. The van der Waals surface area contributed by atoms with Crippen molar-refractivity contribution in [3.63, 3.8) is 0 Å². The van der Waals surface area contributed by atoms with Crippen molar-refractivity contribution in [1.29, 1.82) is 0 Å². The van der Waals surface area contributed by atoms with Gasteiger partial charge in [0.1, 0.15) is 5.75 Å². The van der Waals surface area contributed by atoms with E-state index in [1.165, 1.54) is 25.4 Å². The lowest BCUT2D eigenvalue weighted by Gasteiger charge is -2.11. The fourth-order valence-corrected chi connectivity index (χ4v) is 1.77. The summed E-state index contributed by atoms with van der Waals surface area (Å²) < 4.78 is 18.8. The van der Waals surface area contributed by atoms with E-state index < -0.39 is 11.7 Å². The number of rotatable bonds is 3. The van der Waals surface area contributed by atoms with E-state index in [9.17, 15) is 9.18 Å². The highest BCUT2D eigenvalue weighted by atomic mass is 35.5. The number of ether oxygens (including phenoxy) is 1. The van der Waals surface area contributed by atoms with Gasteiger partial charge in [-0.15, -0.1) is 0 Å². The van der Waals surface area contributed by atoms with Gasteiger partial charge in [0.05, 0.1) is 18.4 Å². The number of amides is 1. The van der Waals surface area contributed by atoms with Crippen molar-refractivity contribution in [2.45, 2.75) is 0 Å². The average molecular weight is 296 g/mol. The van der Waals surface area contributed by atoms with Crippen molar-refractivity contribution in [3.05, 3.63) is 46.9 Å². The number of nitrogens with two attached hydrogens (primary N) is 1. The van der Waals surface area contributed by atoms with Gasteiger partial charge in [0.15, 0.2) is 11.6 Å². The zero-order chi connectivity index (χ0) is 14.7. The first-order valence-corrected chi connectivity index (χ1v) is 5.95. The van der Waals surface area contributed by atoms with Gasteiger partial charge in [-0.2, -0.15) is 0 Å².